The topological polar surface area (TPSA) is 55.6 Å². The Hall–Kier alpha value is -3.21. The number of hydrogen-bond donors (Lipinski definition) is 1. The van der Waals surface area contributed by atoms with Gasteiger partial charge in [0.05, 0.1) is 11.2 Å². The van der Waals surface area contributed by atoms with E-state index in [-0.39, 0.29) is 0 Å². The van der Waals surface area contributed by atoms with Crippen molar-refractivity contribution in [3.63, 3.8) is 0 Å². The third-order valence-corrected chi connectivity index (χ3v) is 3.73. The highest BCUT2D eigenvalue weighted by Crippen LogP contribution is 2.20. The number of nitrogens with one attached hydrogen (secondary N) is 1. The Balaban J connectivity index is 1.65. The summed E-state index contributed by atoms with van der Waals surface area (Å²) in [4.78, 5) is 8.66. The second-order valence-corrected chi connectivity index (χ2v) is 5.17. The molecular weight excluding hydrogens is 286 g/mol. The van der Waals surface area contributed by atoms with Crippen LogP contribution in [0, 0.1) is 0 Å². The lowest BCUT2D eigenvalue weighted by atomic mass is 10.1. The number of hydrogen-bond acceptors (Lipinski definition) is 4. The van der Waals surface area contributed by atoms with Crippen molar-refractivity contribution in [1.82, 2.24) is 19.7 Å². The molecule has 0 bridgehead atoms. The van der Waals surface area contributed by atoms with Gasteiger partial charge in [0.25, 0.3) is 0 Å². The predicted molar refractivity (Wildman–Crippen MR) is 90.4 cm³/mol. The Kier molecular flexibility index (Phi) is 3.44. The third kappa shape index (κ3) is 2.64. The molecule has 0 radical (unpaired) electrons. The largest absolute Gasteiger partial charge is 0.365 e. The van der Waals surface area contributed by atoms with Crippen molar-refractivity contribution < 1.29 is 0 Å². The van der Waals surface area contributed by atoms with E-state index in [0.29, 0.717) is 6.54 Å². The van der Waals surface area contributed by atoms with E-state index in [1.165, 1.54) is 0 Å². The highest BCUT2D eigenvalue weighted by molar-refractivity contribution is 5.88. The van der Waals surface area contributed by atoms with Crippen LogP contribution in [-0.4, -0.2) is 19.7 Å². The summed E-state index contributed by atoms with van der Waals surface area (Å²) in [5.41, 5.74) is 3.15. The molecule has 0 aliphatic carbocycles. The summed E-state index contributed by atoms with van der Waals surface area (Å²) >= 11 is 0. The zero-order chi connectivity index (χ0) is 15.5. The number of para-hydroxylation sites is 2. The number of anilines is 1. The Bertz CT molecular complexity index is 926. The quantitative estimate of drug-likeness (QED) is 0.627. The van der Waals surface area contributed by atoms with E-state index in [2.05, 4.69) is 32.5 Å². The zero-order valence-corrected chi connectivity index (χ0v) is 12.4. The van der Waals surface area contributed by atoms with Gasteiger partial charge in [-0.25, -0.2) is 14.6 Å². The van der Waals surface area contributed by atoms with Crippen LogP contribution in [0.5, 0.6) is 0 Å². The summed E-state index contributed by atoms with van der Waals surface area (Å²) < 4.78 is 1.87. The fraction of sp³-hybridized carbons (Fsp3) is 0.0556. The van der Waals surface area contributed by atoms with E-state index in [1.54, 1.807) is 12.5 Å². The highest BCUT2D eigenvalue weighted by Gasteiger charge is 2.06. The van der Waals surface area contributed by atoms with Gasteiger partial charge in [-0.05, 0) is 29.8 Å². The van der Waals surface area contributed by atoms with E-state index < -0.39 is 0 Å². The fourth-order valence-electron chi connectivity index (χ4n) is 2.62. The molecule has 0 fully saturated rings. The lowest BCUT2D eigenvalue weighted by molar-refractivity contribution is 0.863. The number of fused-ring (bicyclic) bond motifs is 1. The normalized spacial score (nSPS) is 10.8. The van der Waals surface area contributed by atoms with Gasteiger partial charge in [-0.3, -0.25) is 0 Å². The van der Waals surface area contributed by atoms with Crippen LogP contribution in [0.3, 0.4) is 0 Å². The first-order chi connectivity index (χ1) is 11.4. The minimum Gasteiger partial charge on any atom is -0.365 e. The molecule has 2 heterocycles. The van der Waals surface area contributed by atoms with Gasteiger partial charge in [-0.15, -0.1) is 0 Å². The summed E-state index contributed by atoms with van der Waals surface area (Å²) in [6.07, 6.45) is 5.31. The second kappa shape index (κ2) is 5.88. The van der Waals surface area contributed by atoms with Crippen molar-refractivity contribution in [2.75, 3.05) is 5.32 Å². The molecule has 0 spiro atoms. The van der Waals surface area contributed by atoms with E-state index in [4.69, 9.17) is 0 Å². The number of benzene rings is 2. The molecule has 5 nitrogen and oxygen atoms in total. The average molecular weight is 301 g/mol. The molecule has 0 atom stereocenters. The van der Waals surface area contributed by atoms with Crippen LogP contribution in [0.1, 0.15) is 5.56 Å². The van der Waals surface area contributed by atoms with E-state index in [9.17, 15) is 0 Å². The Labute approximate surface area is 133 Å². The van der Waals surface area contributed by atoms with Crippen molar-refractivity contribution in [2.45, 2.75) is 6.54 Å². The van der Waals surface area contributed by atoms with E-state index in [1.807, 2.05) is 53.3 Å². The van der Waals surface area contributed by atoms with Crippen LogP contribution in [0.25, 0.3) is 16.6 Å². The van der Waals surface area contributed by atoms with Gasteiger partial charge in [0.2, 0.25) is 0 Å². The lowest BCUT2D eigenvalue weighted by Gasteiger charge is -2.12. The molecule has 23 heavy (non-hydrogen) atoms. The highest BCUT2D eigenvalue weighted by atomic mass is 15.3. The molecule has 0 aliphatic rings. The minimum absolute atomic E-state index is 0.664. The van der Waals surface area contributed by atoms with Gasteiger partial charge in [0, 0.05) is 24.3 Å². The molecule has 4 rings (SSSR count). The summed E-state index contributed by atoms with van der Waals surface area (Å²) in [6.45, 7) is 0.664. The number of rotatable bonds is 4. The van der Waals surface area contributed by atoms with Crippen LogP contribution < -0.4 is 5.32 Å². The smallest absolute Gasteiger partial charge is 0.137 e. The molecular formula is C18H15N5. The SMILES string of the molecule is c1ccc(-n2cccn2)c(CNc2ncnc3ccccc23)c1. The molecule has 0 saturated carbocycles. The maximum Gasteiger partial charge on any atom is 0.137 e. The standard InChI is InChI=1S/C18H15N5/c1-4-9-17(23-11-5-10-22-23)14(6-1)12-19-18-15-7-2-3-8-16(15)20-13-21-18/h1-11,13H,12H2,(H,19,20,21). The first-order valence-corrected chi connectivity index (χ1v) is 7.43. The monoisotopic (exact) mass is 301 g/mol. The van der Waals surface area contributed by atoms with Crippen LogP contribution in [0.2, 0.25) is 0 Å². The van der Waals surface area contributed by atoms with Gasteiger partial charge in [-0.2, -0.15) is 5.10 Å². The molecule has 1 N–H and O–H groups in total. The number of nitrogens with zero attached hydrogens (tertiary/aromatic N) is 4. The summed E-state index contributed by atoms with van der Waals surface area (Å²) in [7, 11) is 0. The van der Waals surface area contributed by atoms with Crippen molar-refractivity contribution in [3.8, 4) is 5.69 Å². The molecule has 0 aliphatic heterocycles. The molecule has 2 aromatic carbocycles. The van der Waals surface area contributed by atoms with E-state index >= 15 is 0 Å². The molecule has 5 heteroatoms. The van der Waals surface area contributed by atoms with Gasteiger partial charge in [-0.1, -0.05) is 30.3 Å². The van der Waals surface area contributed by atoms with E-state index in [0.717, 1.165) is 28.0 Å². The van der Waals surface area contributed by atoms with Crippen molar-refractivity contribution >= 4 is 16.7 Å². The molecule has 0 amide bonds. The molecule has 112 valence electrons. The predicted octanol–water partition coefficient (Wildman–Crippen LogP) is 3.43. The summed E-state index contributed by atoms with van der Waals surface area (Å²) in [5.74, 6) is 0.839. The first-order valence-electron chi connectivity index (χ1n) is 7.43. The fourth-order valence-corrected chi connectivity index (χ4v) is 2.62. The maximum absolute atomic E-state index is 4.37. The molecule has 0 saturated heterocycles. The zero-order valence-electron chi connectivity index (χ0n) is 12.4. The Morgan fingerprint density at radius 3 is 2.70 bits per heavy atom. The van der Waals surface area contributed by atoms with Crippen LogP contribution in [0.4, 0.5) is 5.82 Å². The first kappa shape index (κ1) is 13.5. The molecule has 0 unspecified atom stereocenters. The van der Waals surface area contributed by atoms with Gasteiger partial charge >= 0.3 is 0 Å². The van der Waals surface area contributed by atoms with Crippen LogP contribution in [-0.2, 0) is 6.54 Å². The third-order valence-electron chi connectivity index (χ3n) is 3.73. The van der Waals surface area contributed by atoms with Crippen molar-refractivity contribution in [3.05, 3.63) is 78.9 Å². The molecule has 2 aromatic heterocycles. The lowest BCUT2D eigenvalue weighted by Crippen LogP contribution is -2.07. The molecule has 4 aromatic rings. The second-order valence-electron chi connectivity index (χ2n) is 5.17. The summed E-state index contributed by atoms with van der Waals surface area (Å²) in [5, 5.41) is 8.75. The number of aromatic nitrogens is 4. The van der Waals surface area contributed by atoms with Crippen molar-refractivity contribution in [1.29, 1.82) is 0 Å². The van der Waals surface area contributed by atoms with Gasteiger partial charge < -0.3 is 5.32 Å². The van der Waals surface area contributed by atoms with Crippen molar-refractivity contribution in [2.24, 2.45) is 0 Å². The van der Waals surface area contributed by atoms with Crippen LogP contribution in [0.15, 0.2) is 73.3 Å². The maximum atomic E-state index is 4.37. The average Bonchev–Trinajstić information content (AvgIpc) is 3.14. The summed E-state index contributed by atoms with van der Waals surface area (Å²) in [6, 6.07) is 18.1. The van der Waals surface area contributed by atoms with Crippen LogP contribution >= 0.6 is 0 Å². The van der Waals surface area contributed by atoms with Gasteiger partial charge in [0.15, 0.2) is 0 Å². The van der Waals surface area contributed by atoms with Gasteiger partial charge in [0.1, 0.15) is 12.1 Å². The Morgan fingerprint density at radius 1 is 0.913 bits per heavy atom. The minimum atomic E-state index is 0.664. The Morgan fingerprint density at radius 2 is 1.78 bits per heavy atom.